The standard InChI is InChI=1S/C19H20N2O3/c1-4-15(13-8-6-5-7-9-13)19-20-18(21-24-19)14-10-11-16(22-2)17(12-14)23-3/h5-12,15H,4H2,1-3H3/t15-/m0/s1. The maximum absolute atomic E-state index is 5.52. The molecule has 1 aromatic heterocycles. The Balaban J connectivity index is 1.93. The van der Waals surface area contributed by atoms with Gasteiger partial charge in [-0.05, 0) is 30.2 Å². The van der Waals surface area contributed by atoms with Crippen molar-refractivity contribution in [2.24, 2.45) is 0 Å². The van der Waals surface area contributed by atoms with E-state index in [2.05, 4.69) is 29.2 Å². The van der Waals surface area contributed by atoms with Gasteiger partial charge in [-0.2, -0.15) is 4.98 Å². The molecule has 0 radical (unpaired) electrons. The van der Waals surface area contributed by atoms with Gasteiger partial charge in [0, 0.05) is 5.56 Å². The summed E-state index contributed by atoms with van der Waals surface area (Å²) in [5, 5.41) is 4.13. The van der Waals surface area contributed by atoms with Crippen LogP contribution in [0.1, 0.15) is 30.7 Å². The van der Waals surface area contributed by atoms with E-state index in [1.54, 1.807) is 14.2 Å². The van der Waals surface area contributed by atoms with Gasteiger partial charge in [-0.1, -0.05) is 42.4 Å². The molecule has 5 heteroatoms. The van der Waals surface area contributed by atoms with Crippen molar-refractivity contribution in [3.8, 4) is 22.9 Å². The van der Waals surface area contributed by atoms with Gasteiger partial charge in [-0.25, -0.2) is 0 Å². The molecular weight excluding hydrogens is 304 g/mol. The molecule has 0 unspecified atom stereocenters. The predicted molar refractivity (Wildman–Crippen MR) is 91.4 cm³/mol. The molecule has 0 bridgehead atoms. The van der Waals surface area contributed by atoms with Crippen molar-refractivity contribution in [2.75, 3.05) is 14.2 Å². The molecule has 0 aliphatic heterocycles. The summed E-state index contributed by atoms with van der Waals surface area (Å²) in [5.41, 5.74) is 1.99. The molecular formula is C19H20N2O3. The second-order valence-corrected chi connectivity index (χ2v) is 5.40. The average molecular weight is 324 g/mol. The van der Waals surface area contributed by atoms with E-state index in [4.69, 9.17) is 14.0 Å². The summed E-state index contributed by atoms with van der Waals surface area (Å²) < 4.78 is 16.1. The van der Waals surface area contributed by atoms with Gasteiger partial charge in [0.25, 0.3) is 0 Å². The molecule has 0 spiro atoms. The molecule has 24 heavy (non-hydrogen) atoms. The van der Waals surface area contributed by atoms with Crippen LogP contribution in [0.2, 0.25) is 0 Å². The first-order chi connectivity index (χ1) is 11.8. The molecule has 3 aromatic rings. The molecule has 0 saturated carbocycles. The second-order valence-electron chi connectivity index (χ2n) is 5.40. The van der Waals surface area contributed by atoms with Gasteiger partial charge in [0.15, 0.2) is 11.5 Å². The van der Waals surface area contributed by atoms with Crippen LogP contribution in [-0.2, 0) is 0 Å². The average Bonchev–Trinajstić information content (AvgIpc) is 3.12. The summed E-state index contributed by atoms with van der Waals surface area (Å²) in [7, 11) is 3.21. The Morgan fingerprint density at radius 3 is 2.42 bits per heavy atom. The van der Waals surface area contributed by atoms with Gasteiger partial charge >= 0.3 is 0 Å². The van der Waals surface area contributed by atoms with E-state index in [0.717, 1.165) is 12.0 Å². The monoisotopic (exact) mass is 324 g/mol. The summed E-state index contributed by atoms with van der Waals surface area (Å²) in [6.07, 6.45) is 0.886. The zero-order valence-electron chi connectivity index (χ0n) is 14.0. The van der Waals surface area contributed by atoms with Crippen molar-refractivity contribution in [2.45, 2.75) is 19.3 Å². The van der Waals surface area contributed by atoms with Gasteiger partial charge in [-0.3, -0.25) is 0 Å². The Hall–Kier alpha value is -2.82. The smallest absolute Gasteiger partial charge is 0.234 e. The van der Waals surface area contributed by atoms with Crippen molar-refractivity contribution in [3.05, 3.63) is 60.0 Å². The summed E-state index contributed by atoms with van der Waals surface area (Å²) in [6, 6.07) is 15.8. The predicted octanol–water partition coefficient (Wildman–Crippen LogP) is 4.30. The maximum atomic E-state index is 5.52. The third-order valence-corrected chi connectivity index (χ3v) is 3.99. The van der Waals surface area contributed by atoms with Crippen LogP contribution in [0.3, 0.4) is 0 Å². The largest absolute Gasteiger partial charge is 0.493 e. The molecule has 124 valence electrons. The van der Waals surface area contributed by atoms with E-state index in [-0.39, 0.29) is 5.92 Å². The summed E-state index contributed by atoms with van der Waals surface area (Å²) in [4.78, 5) is 4.58. The Labute approximate surface area is 141 Å². The highest BCUT2D eigenvalue weighted by Crippen LogP contribution is 2.33. The number of hydrogen-bond donors (Lipinski definition) is 0. The first kappa shape index (κ1) is 16.1. The van der Waals surface area contributed by atoms with E-state index in [9.17, 15) is 0 Å². The van der Waals surface area contributed by atoms with Crippen molar-refractivity contribution in [3.63, 3.8) is 0 Å². The lowest BCUT2D eigenvalue weighted by Gasteiger charge is -2.09. The number of nitrogens with zero attached hydrogens (tertiary/aromatic N) is 2. The Morgan fingerprint density at radius 1 is 1.00 bits per heavy atom. The highest BCUT2D eigenvalue weighted by Gasteiger charge is 2.20. The second kappa shape index (κ2) is 7.17. The Morgan fingerprint density at radius 2 is 1.75 bits per heavy atom. The minimum Gasteiger partial charge on any atom is -0.493 e. The highest BCUT2D eigenvalue weighted by molar-refractivity contribution is 5.60. The quantitative estimate of drug-likeness (QED) is 0.677. The molecule has 2 aromatic carbocycles. The van der Waals surface area contributed by atoms with Crippen LogP contribution >= 0.6 is 0 Å². The summed E-state index contributed by atoms with van der Waals surface area (Å²) in [6.45, 7) is 2.11. The van der Waals surface area contributed by atoms with Crippen LogP contribution in [0.4, 0.5) is 0 Å². The molecule has 1 atom stereocenters. The zero-order chi connectivity index (χ0) is 16.9. The molecule has 1 heterocycles. The minimum atomic E-state index is 0.0904. The number of methoxy groups -OCH3 is 2. The topological polar surface area (TPSA) is 57.4 Å². The van der Waals surface area contributed by atoms with Crippen LogP contribution in [0.5, 0.6) is 11.5 Å². The molecule has 0 aliphatic carbocycles. The molecule has 0 aliphatic rings. The van der Waals surface area contributed by atoms with Crippen molar-refractivity contribution in [1.82, 2.24) is 10.1 Å². The van der Waals surface area contributed by atoms with Crippen LogP contribution in [0.15, 0.2) is 53.1 Å². The molecule has 3 rings (SSSR count). The van der Waals surface area contributed by atoms with Crippen LogP contribution < -0.4 is 9.47 Å². The lowest BCUT2D eigenvalue weighted by Crippen LogP contribution is -1.99. The molecule has 5 nitrogen and oxygen atoms in total. The molecule has 0 N–H and O–H groups in total. The van der Waals surface area contributed by atoms with Gasteiger partial charge in [0.2, 0.25) is 11.7 Å². The van der Waals surface area contributed by atoms with Crippen molar-refractivity contribution >= 4 is 0 Å². The summed E-state index contributed by atoms with van der Waals surface area (Å²) in [5.74, 6) is 2.55. The van der Waals surface area contributed by atoms with E-state index < -0.39 is 0 Å². The van der Waals surface area contributed by atoms with Gasteiger partial charge in [0.05, 0.1) is 20.1 Å². The van der Waals surface area contributed by atoms with Crippen LogP contribution in [0.25, 0.3) is 11.4 Å². The molecule has 0 fully saturated rings. The number of benzene rings is 2. The molecule has 0 amide bonds. The number of aromatic nitrogens is 2. The SMILES string of the molecule is CC[C@@H](c1ccccc1)c1nc(-c2ccc(OC)c(OC)c2)no1. The summed E-state index contributed by atoms with van der Waals surface area (Å²) >= 11 is 0. The van der Waals surface area contributed by atoms with Crippen LogP contribution in [0, 0.1) is 0 Å². The minimum absolute atomic E-state index is 0.0904. The van der Waals surface area contributed by atoms with E-state index in [1.165, 1.54) is 5.56 Å². The fraction of sp³-hybridized carbons (Fsp3) is 0.263. The Bertz CT molecular complexity index is 799. The zero-order valence-corrected chi connectivity index (χ0v) is 14.0. The van der Waals surface area contributed by atoms with Gasteiger partial charge < -0.3 is 14.0 Å². The van der Waals surface area contributed by atoms with Crippen molar-refractivity contribution in [1.29, 1.82) is 0 Å². The maximum Gasteiger partial charge on any atom is 0.234 e. The van der Waals surface area contributed by atoms with E-state index in [0.29, 0.717) is 23.2 Å². The van der Waals surface area contributed by atoms with Gasteiger partial charge in [0.1, 0.15) is 0 Å². The van der Waals surface area contributed by atoms with Gasteiger partial charge in [-0.15, -0.1) is 0 Å². The third-order valence-electron chi connectivity index (χ3n) is 3.99. The van der Waals surface area contributed by atoms with Crippen LogP contribution in [-0.4, -0.2) is 24.4 Å². The fourth-order valence-electron chi connectivity index (χ4n) is 2.71. The highest BCUT2D eigenvalue weighted by atomic mass is 16.5. The molecule has 0 saturated heterocycles. The lowest BCUT2D eigenvalue weighted by atomic mass is 9.96. The Kier molecular flexibility index (Phi) is 4.79. The first-order valence-corrected chi connectivity index (χ1v) is 7.87. The number of rotatable bonds is 6. The van der Waals surface area contributed by atoms with E-state index >= 15 is 0 Å². The number of hydrogen-bond acceptors (Lipinski definition) is 5. The fourth-order valence-corrected chi connectivity index (χ4v) is 2.71. The van der Waals surface area contributed by atoms with Crippen molar-refractivity contribution < 1.29 is 14.0 Å². The first-order valence-electron chi connectivity index (χ1n) is 7.87. The normalized spacial score (nSPS) is 12.0. The lowest BCUT2D eigenvalue weighted by molar-refractivity contribution is 0.355. The number of ether oxygens (including phenoxy) is 2. The third kappa shape index (κ3) is 3.11. The van der Waals surface area contributed by atoms with E-state index in [1.807, 2.05) is 36.4 Å².